The minimum absolute atomic E-state index is 0.187. The predicted molar refractivity (Wildman–Crippen MR) is 108 cm³/mol. The van der Waals surface area contributed by atoms with Gasteiger partial charge in [-0.1, -0.05) is 24.3 Å². The van der Waals surface area contributed by atoms with Crippen LogP contribution in [0, 0.1) is 12.3 Å². The summed E-state index contributed by atoms with van der Waals surface area (Å²) in [5.41, 5.74) is 2.18. The molecule has 2 heterocycles. The van der Waals surface area contributed by atoms with Gasteiger partial charge in [-0.25, -0.2) is 9.78 Å². The van der Waals surface area contributed by atoms with Gasteiger partial charge in [0.1, 0.15) is 5.82 Å². The Kier molecular flexibility index (Phi) is 6.45. The van der Waals surface area contributed by atoms with E-state index in [4.69, 9.17) is 6.42 Å². The summed E-state index contributed by atoms with van der Waals surface area (Å²) in [5.74, 6) is 3.41. The first-order chi connectivity index (χ1) is 13.1. The highest BCUT2D eigenvalue weighted by Crippen LogP contribution is 2.28. The maximum absolute atomic E-state index is 12.2. The Hall–Kier alpha value is -2.40. The second-order valence-corrected chi connectivity index (χ2v) is 7.62. The standard InChI is InChI=1S/C20H24N4O2S/c1-3-19-22-18(13-27-19)23-20(26)21-17(12-25)16-6-4-14(5-7-16)15-8-10-24(2)11-9-15/h1,4-7,13,15,17,25H,8-12H2,2H3,(H2,21,23,26). The molecule has 1 aromatic carbocycles. The molecule has 3 rings (SSSR count). The molecule has 0 saturated carbocycles. The van der Waals surface area contributed by atoms with E-state index in [0.29, 0.717) is 16.7 Å². The van der Waals surface area contributed by atoms with E-state index in [1.807, 2.05) is 12.1 Å². The molecule has 0 spiro atoms. The first-order valence-electron chi connectivity index (χ1n) is 8.98. The number of rotatable bonds is 5. The maximum Gasteiger partial charge on any atom is 0.320 e. The van der Waals surface area contributed by atoms with Crippen molar-refractivity contribution in [1.29, 1.82) is 0 Å². The van der Waals surface area contributed by atoms with E-state index in [9.17, 15) is 9.90 Å². The third-order valence-electron chi connectivity index (χ3n) is 4.89. The second kappa shape index (κ2) is 9.00. The van der Waals surface area contributed by atoms with Crippen LogP contribution in [0.15, 0.2) is 29.6 Å². The molecule has 1 fully saturated rings. The van der Waals surface area contributed by atoms with E-state index < -0.39 is 12.1 Å². The molecule has 1 aromatic heterocycles. The van der Waals surface area contributed by atoms with Gasteiger partial charge in [-0.05, 0) is 55.9 Å². The second-order valence-electron chi connectivity index (χ2n) is 6.76. The zero-order valence-corrected chi connectivity index (χ0v) is 16.1. The molecule has 0 radical (unpaired) electrons. The van der Waals surface area contributed by atoms with Crippen LogP contribution in [-0.4, -0.2) is 47.8 Å². The Balaban J connectivity index is 1.59. The van der Waals surface area contributed by atoms with Crippen molar-refractivity contribution >= 4 is 23.2 Å². The van der Waals surface area contributed by atoms with Crippen molar-refractivity contribution in [3.63, 3.8) is 0 Å². The summed E-state index contributed by atoms with van der Waals surface area (Å²) in [6.45, 7) is 2.05. The quantitative estimate of drug-likeness (QED) is 0.693. The monoisotopic (exact) mass is 384 g/mol. The van der Waals surface area contributed by atoms with Crippen molar-refractivity contribution in [2.24, 2.45) is 0 Å². The van der Waals surface area contributed by atoms with E-state index in [-0.39, 0.29) is 6.61 Å². The first-order valence-corrected chi connectivity index (χ1v) is 9.86. The zero-order chi connectivity index (χ0) is 19.2. The van der Waals surface area contributed by atoms with Gasteiger partial charge in [-0.2, -0.15) is 0 Å². The molecule has 0 bridgehead atoms. The number of benzene rings is 1. The topological polar surface area (TPSA) is 77.5 Å². The number of aliphatic hydroxyl groups excluding tert-OH is 1. The predicted octanol–water partition coefficient (Wildman–Crippen LogP) is 2.79. The van der Waals surface area contributed by atoms with Crippen LogP contribution in [0.5, 0.6) is 0 Å². The summed E-state index contributed by atoms with van der Waals surface area (Å²) >= 11 is 1.29. The lowest BCUT2D eigenvalue weighted by molar-refractivity contribution is 0.225. The van der Waals surface area contributed by atoms with Gasteiger partial charge in [-0.3, -0.25) is 5.32 Å². The number of nitrogens with one attached hydrogen (secondary N) is 2. The van der Waals surface area contributed by atoms with Gasteiger partial charge in [0.2, 0.25) is 0 Å². The fraction of sp³-hybridized carbons (Fsp3) is 0.400. The van der Waals surface area contributed by atoms with Crippen LogP contribution < -0.4 is 10.6 Å². The largest absolute Gasteiger partial charge is 0.394 e. The Bertz CT molecular complexity index is 804. The number of thiazole rings is 1. The van der Waals surface area contributed by atoms with Gasteiger partial charge in [-0.15, -0.1) is 17.8 Å². The van der Waals surface area contributed by atoms with Gasteiger partial charge >= 0.3 is 6.03 Å². The number of amides is 2. The number of aliphatic hydroxyl groups is 1. The highest BCUT2D eigenvalue weighted by atomic mass is 32.1. The molecule has 1 saturated heterocycles. The van der Waals surface area contributed by atoms with E-state index in [1.165, 1.54) is 16.9 Å². The maximum atomic E-state index is 12.2. The number of urea groups is 1. The molecular formula is C20H24N4O2S. The van der Waals surface area contributed by atoms with E-state index >= 15 is 0 Å². The van der Waals surface area contributed by atoms with Crippen LogP contribution in [0.1, 0.15) is 40.9 Å². The smallest absolute Gasteiger partial charge is 0.320 e. The molecule has 2 aromatic rings. The molecule has 1 aliphatic rings. The highest BCUT2D eigenvalue weighted by molar-refractivity contribution is 7.10. The van der Waals surface area contributed by atoms with Crippen LogP contribution in [-0.2, 0) is 0 Å². The summed E-state index contributed by atoms with van der Waals surface area (Å²) in [6.07, 6.45) is 7.60. The summed E-state index contributed by atoms with van der Waals surface area (Å²) in [4.78, 5) is 18.6. The molecule has 0 aliphatic carbocycles. The summed E-state index contributed by atoms with van der Waals surface area (Å²) < 4.78 is 0. The SMILES string of the molecule is C#Cc1nc(NC(=O)NC(CO)c2ccc(C3CCN(C)CC3)cc2)cs1. The summed E-state index contributed by atoms with van der Waals surface area (Å²) in [7, 11) is 2.15. The van der Waals surface area contributed by atoms with Crippen LogP contribution in [0.25, 0.3) is 0 Å². The van der Waals surface area contributed by atoms with Crippen LogP contribution >= 0.6 is 11.3 Å². The lowest BCUT2D eigenvalue weighted by Gasteiger charge is -2.29. The van der Waals surface area contributed by atoms with E-state index in [1.54, 1.807) is 5.38 Å². The summed E-state index contributed by atoms with van der Waals surface area (Å²) in [6, 6.07) is 7.26. The van der Waals surface area contributed by atoms with Crippen molar-refractivity contribution < 1.29 is 9.90 Å². The number of anilines is 1. The Morgan fingerprint density at radius 2 is 2.11 bits per heavy atom. The van der Waals surface area contributed by atoms with Crippen molar-refractivity contribution in [3.8, 4) is 12.3 Å². The molecule has 1 aliphatic heterocycles. The van der Waals surface area contributed by atoms with Crippen molar-refractivity contribution in [2.45, 2.75) is 24.8 Å². The van der Waals surface area contributed by atoms with Gasteiger partial charge in [0.15, 0.2) is 5.01 Å². The third-order valence-corrected chi connectivity index (χ3v) is 5.66. The molecule has 2 amide bonds. The minimum atomic E-state index is -0.484. The Morgan fingerprint density at radius 1 is 1.41 bits per heavy atom. The molecule has 1 atom stereocenters. The number of carbonyl (C=O) groups is 1. The van der Waals surface area contributed by atoms with Crippen molar-refractivity contribution in [2.75, 3.05) is 32.1 Å². The molecule has 3 N–H and O–H groups in total. The van der Waals surface area contributed by atoms with Crippen LogP contribution in [0.4, 0.5) is 10.6 Å². The van der Waals surface area contributed by atoms with Gasteiger partial charge < -0.3 is 15.3 Å². The number of hydrogen-bond donors (Lipinski definition) is 3. The summed E-state index contributed by atoms with van der Waals surface area (Å²) in [5, 5.41) is 17.3. The highest BCUT2D eigenvalue weighted by Gasteiger charge is 2.19. The first kappa shape index (κ1) is 19.4. The number of likely N-dealkylation sites (tertiary alicyclic amines) is 1. The van der Waals surface area contributed by atoms with E-state index in [0.717, 1.165) is 31.5 Å². The van der Waals surface area contributed by atoms with Gasteiger partial charge in [0.25, 0.3) is 0 Å². The average Bonchev–Trinajstić information content (AvgIpc) is 3.14. The van der Waals surface area contributed by atoms with Gasteiger partial charge in [0.05, 0.1) is 12.6 Å². The lowest BCUT2D eigenvalue weighted by atomic mass is 9.89. The van der Waals surface area contributed by atoms with E-state index in [2.05, 4.69) is 45.6 Å². The zero-order valence-electron chi connectivity index (χ0n) is 15.3. The molecule has 6 nitrogen and oxygen atoms in total. The number of carbonyl (C=O) groups excluding carboxylic acids is 1. The normalized spacial score (nSPS) is 16.5. The van der Waals surface area contributed by atoms with Crippen molar-refractivity contribution in [3.05, 3.63) is 45.8 Å². The number of terminal acetylenes is 1. The Labute approximate surface area is 163 Å². The average molecular weight is 385 g/mol. The lowest BCUT2D eigenvalue weighted by Crippen LogP contribution is -2.34. The van der Waals surface area contributed by atoms with Gasteiger partial charge in [0, 0.05) is 5.38 Å². The fourth-order valence-electron chi connectivity index (χ4n) is 3.28. The molecule has 142 valence electrons. The van der Waals surface area contributed by atoms with Crippen LogP contribution in [0.3, 0.4) is 0 Å². The number of hydrogen-bond acceptors (Lipinski definition) is 5. The number of aromatic nitrogens is 1. The molecule has 27 heavy (non-hydrogen) atoms. The fourth-order valence-corrected chi connectivity index (χ4v) is 3.84. The van der Waals surface area contributed by atoms with Crippen molar-refractivity contribution in [1.82, 2.24) is 15.2 Å². The Morgan fingerprint density at radius 3 is 2.70 bits per heavy atom. The molecule has 7 heteroatoms. The third kappa shape index (κ3) is 5.07. The minimum Gasteiger partial charge on any atom is -0.394 e. The number of nitrogens with zero attached hydrogens (tertiary/aromatic N) is 2. The van der Waals surface area contributed by atoms with Crippen LogP contribution in [0.2, 0.25) is 0 Å². The molecular weight excluding hydrogens is 360 g/mol. The number of piperidine rings is 1. The molecule has 1 unspecified atom stereocenters.